The fourth-order valence-electron chi connectivity index (χ4n) is 1.74. The number of methoxy groups -OCH3 is 1. The van der Waals surface area contributed by atoms with Gasteiger partial charge < -0.3 is 10.1 Å². The van der Waals surface area contributed by atoms with Crippen LogP contribution >= 0.6 is 0 Å². The Hall–Kier alpha value is -2.28. The van der Waals surface area contributed by atoms with E-state index in [0.29, 0.717) is 12.3 Å². The van der Waals surface area contributed by atoms with Gasteiger partial charge in [-0.05, 0) is 31.6 Å². The minimum Gasteiger partial charge on any atom is -0.496 e. The molecule has 4 heteroatoms. The number of rotatable bonds is 6. The number of aryl methyl sites for hydroxylation is 1. The molecule has 0 aromatic heterocycles. The van der Waals surface area contributed by atoms with Crippen molar-refractivity contribution in [2.45, 2.75) is 26.7 Å². The summed E-state index contributed by atoms with van der Waals surface area (Å²) in [4.78, 5) is 11.9. The van der Waals surface area contributed by atoms with E-state index in [4.69, 9.17) is 10.00 Å². The van der Waals surface area contributed by atoms with Gasteiger partial charge in [0.05, 0.1) is 7.11 Å². The largest absolute Gasteiger partial charge is 0.496 e. The molecule has 0 atom stereocenters. The van der Waals surface area contributed by atoms with Crippen molar-refractivity contribution in [2.24, 2.45) is 0 Å². The molecule has 4 nitrogen and oxygen atoms in total. The van der Waals surface area contributed by atoms with Crippen molar-refractivity contribution in [3.63, 3.8) is 0 Å². The minimum atomic E-state index is -0.343. The monoisotopic (exact) mass is 272 g/mol. The Morgan fingerprint density at radius 1 is 1.50 bits per heavy atom. The van der Waals surface area contributed by atoms with Gasteiger partial charge >= 0.3 is 0 Å². The van der Waals surface area contributed by atoms with E-state index in [1.165, 1.54) is 0 Å². The van der Waals surface area contributed by atoms with Crippen molar-refractivity contribution in [2.75, 3.05) is 13.7 Å². The molecule has 0 fully saturated rings. The molecule has 0 aliphatic heterocycles. The lowest BCUT2D eigenvalue weighted by molar-refractivity contribution is -0.117. The Bertz CT molecular complexity index is 542. The third-order valence-electron chi connectivity index (χ3n) is 2.87. The molecule has 0 saturated heterocycles. The van der Waals surface area contributed by atoms with E-state index in [2.05, 4.69) is 5.32 Å². The molecular formula is C16H20N2O2. The Balaban J connectivity index is 2.97. The first-order valence-corrected chi connectivity index (χ1v) is 6.67. The summed E-state index contributed by atoms with van der Waals surface area (Å²) >= 11 is 0. The predicted molar refractivity (Wildman–Crippen MR) is 79.2 cm³/mol. The maximum absolute atomic E-state index is 11.9. The lowest BCUT2D eigenvalue weighted by Crippen LogP contribution is -2.25. The Morgan fingerprint density at radius 3 is 2.85 bits per heavy atom. The Morgan fingerprint density at radius 2 is 2.25 bits per heavy atom. The van der Waals surface area contributed by atoms with Crippen molar-refractivity contribution in [3.05, 3.63) is 34.9 Å². The van der Waals surface area contributed by atoms with Crippen LogP contribution in [0.25, 0.3) is 6.08 Å². The second-order valence-electron chi connectivity index (χ2n) is 4.52. The minimum absolute atomic E-state index is 0.0880. The quantitative estimate of drug-likeness (QED) is 0.492. The van der Waals surface area contributed by atoms with E-state index in [1.807, 2.05) is 38.1 Å². The van der Waals surface area contributed by atoms with Crippen molar-refractivity contribution in [1.29, 1.82) is 5.26 Å². The predicted octanol–water partition coefficient (Wildman–Crippen LogP) is 2.83. The van der Waals surface area contributed by atoms with Crippen LogP contribution in [0.15, 0.2) is 23.8 Å². The maximum Gasteiger partial charge on any atom is 0.261 e. The normalized spacial score (nSPS) is 10.8. The smallest absolute Gasteiger partial charge is 0.261 e. The average molecular weight is 272 g/mol. The Labute approximate surface area is 120 Å². The van der Waals surface area contributed by atoms with E-state index in [-0.39, 0.29) is 11.5 Å². The van der Waals surface area contributed by atoms with Gasteiger partial charge in [0.1, 0.15) is 17.4 Å². The molecule has 0 saturated carbocycles. The molecule has 0 aliphatic rings. The van der Waals surface area contributed by atoms with Crippen LogP contribution in [-0.2, 0) is 4.79 Å². The van der Waals surface area contributed by atoms with E-state index in [0.717, 1.165) is 24.0 Å². The van der Waals surface area contributed by atoms with Crippen LogP contribution in [-0.4, -0.2) is 19.6 Å². The van der Waals surface area contributed by atoms with Crippen LogP contribution in [0.2, 0.25) is 0 Å². The zero-order valence-corrected chi connectivity index (χ0v) is 12.2. The highest BCUT2D eigenvalue weighted by molar-refractivity contribution is 6.01. The van der Waals surface area contributed by atoms with Crippen LogP contribution < -0.4 is 10.1 Å². The molecule has 1 N–H and O–H groups in total. The molecule has 0 unspecified atom stereocenters. The first-order valence-electron chi connectivity index (χ1n) is 6.67. The number of unbranched alkanes of at least 4 members (excludes halogenated alkanes) is 1. The van der Waals surface area contributed by atoms with Crippen molar-refractivity contribution >= 4 is 12.0 Å². The zero-order chi connectivity index (χ0) is 15.0. The molecule has 1 aromatic carbocycles. The molecule has 0 heterocycles. The zero-order valence-electron chi connectivity index (χ0n) is 12.2. The summed E-state index contributed by atoms with van der Waals surface area (Å²) in [6.07, 6.45) is 3.46. The highest BCUT2D eigenvalue weighted by atomic mass is 16.5. The molecule has 0 aliphatic carbocycles. The van der Waals surface area contributed by atoms with E-state index < -0.39 is 0 Å². The highest BCUT2D eigenvalue weighted by Gasteiger charge is 2.10. The first-order chi connectivity index (χ1) is 9.62. The van der Waals surface area contributed by atoms with Crippen molar-refractivity contribution in [3.8, 4) is 11.8 Å². The molecule has 1 rings (SSSR count). The van der Waals surface area contributed by atoms with Gasteiger partial charge in [-0.25, -0.2) is 0 Å². The van der Waals surface area contributed by atoms with Crippen molar-refractivity contribution < 1.29 is 9.53 Å². The van der Waals surface area contributed by atoms with Gasteiger partial charge in [-0.1, -0.05) is 25.0 Å². The molecule has 0 radical (unpaired) electrons. The number of nitrogens with zero attached hydrogens (tertiary/aromatic N) is 1. The van der Waals surface area contributed by atoms with Gasteiger partial charge in [-0.2, -0.15) is 5.26 Å². The summed E-state index contributed by atoms with van der Waals surface area (Å²) in [5.41, 5.74) is 1.86. The highest BCUT2D eigenvalue weighted by Crippen LogP contribution is 2.22. The van der Waals surface area contributed by atoms with Crippen LogP contribution in [0.1, 0.15) is 30.9 Å². The van der Waals surface area contributed by atoms with Gasteiger partial charge in [0.15, 0.2) is 0 Å². The number of hydrogen-bond donors (Lipinski definition) is 1. The third kappa shape index (κ3) is 4.43. The summed E-state index contributed by atoms with van der Waals surface area (Å²) < 4.78 is 5.24. The van der Waals surface area contributed by atoms with E-state index in [1.54, 1.807) is 13.2 Å². The SMILES string of the molecule is CCCCNC(=O)/C(C#N)=C/c1cc(C)ccc1OC. The van der Waals surface area contributed by atoms with Crippen LogP contribution in [0.5, 0.6) is 5.75 Å². The topological polar surface area (TPSA) is 62.1 Å². The molecule has 1 aromatic rings. The molecular weight excluding hydrogens is 252 g/mol. The van der Waals surface area contributed by atoms with E-state index in [9.17, 15) is 4.79 Å². The van der Waals surface area contributed by atoms with Crippen LogP contribution in [0, 0.1) is 18.3 Å². The molecule has 0 bridgehead atoms. The molecule has 20 heavy (non-hydrogen) atoms. The summed E-state index contributed by atoms with van der Waals surface area (Å²) in [6, 6.07) is 7.57. The van der Waals surface area contributed by atoms with Gasteiger partial charge in [0.25, 0.3) is 5.91 Å². The standard InChI is InChI=1S/C16H20N2O2/c1-4-5-8-18-16(19)14(11-17)10-13-9-12(2)6-7-15(13)20-3/h6-7,9-10H,4-5,8H2,1-3H3,(H,18,19)/b14-10+. The van der Waals surface area contributed by atoms with E-state index >= 15 is 0 Å². The van der Waals surface area contributed by atoms with Gasteiger partial charge in [0, 0.05) is 12.1 Å². The molecule has 106 valence electrons. The van der Waals surface area contributed by atoms with Crippen LogP contribution in [0.4, 0.5) is 0 Å². The van der Waals surface area contributed by atoms with Gasteiger partial charge in [-0.3, -0.25) is 4.79 Å². The second kappa shape index (κ2) is 8.00. The summed E-state index contributed by atoms with van der Waals surface area (Å²) in [5.74, 6) is 0.300. The van der Waals surface area contributed by atoms with Crippen LogP contribution in [0.3, 0.4) is 0 Å². The van der Waals surface area contributed by atoms with Gasteiger partial charge in [-0.15, -0.1) is 0 Å². The average Bonchev–Trinajstić information content (AvgIpc) is 2.45. The third-order valence-corrected chi connectivity index (χ3v) is 2.87. The number of carbonyl (C=O) groups excluding carboxylic acids is 1. The summed E-state index contributed by atoms with van der Waals surface area (Å²) in [7, 11) is 1.56. The lowest BCUT2D eigenvalue weighted by atomic mass is 10.1. The number of benzene rings is 1. The number of ether oxygens (including phenoxy) is 1. The van der Waals surface area contributed by atoms with Gasteiger partial charge in [0.2, 0.25) is 0 Å². The number of nitriles is 1. The fraction of sp³-hybridized carbons (Fsp3) is 0.375. The summed E-state index contributed by atoms with van der Waals surface area (Å²) in [6.45, 7) is 4.58. The second-order valence-corrected chi connectivity index (χ2v) is 4.52. The number of amides is 1. The maximum atomic E-state index is 11.9. The summed E-state index contributed by atoms with van der Waals surface area (Å²) in [5, 5.41) is 11.9. The first kappa shape index (κ1) is 15.8. The number of hydrogen-bond acceptors (Lipinski definition) is 3. The van der Waals surface area contributed by atoms with Crippen molar-refractivity contribution in [1.82, 2.24) is 5.32 Å². The number of carbonyl (C=O) groups is 1. The lowest BCUT2D eigenvalue weighted by Gasteiger charge is -2.07. The molecule has 1 amide bonds. The number of nitrogens with one attached hydrogen (secondary N) is 1. The Kier molecular flexibility index (Phi) is 6.31. The molecule has 0 spiro atoms. The fourth-order valence-corrected chi connectivity index (χ4v) is 1.74.